The van der Waals surface area contributed by atoms with E-state index >= 15 is 0 Å². The van der Waals surface area contributed by atoms with Gasteiger partial charge in [-0.05, 0) is 0 Å². The van der Waals surface area contributed by atoms with E-state index in [2.05, 4.69) is 6.58 Å². The Morgan fingerprint density at radius 3 is 2.20 bits per heavy atom. The molecular weight excluding hydrogens is 237 g/mol. The van der Waals surface area contributed by atoms with Crippen LogP contribution in [0.15, 0.2) is 35.9 Å². The molecule has 15 heavy (non-hydrogen) atoms. The van der Waals surface area contributed by atoms with Crippen LogP contribution in [0.2, 0.25) is 0 Å². The third-order valence-electron chi connectivity index (χ3n) is 1.41. The SMILES string of the molecule is C=CCOC(=O)N(CC=CCl)CC=CCl. The van der Waals surface area contributed by atoms with E-state index in [0.29, 0.717) is 13.1 Å². The number of rotatable bonds is 6. The first-order valence-electron chi connectivity index (χ1n) is 4.29. The molecule has 0 aliphatic rings. The Labute approximate surface area is 99.6 Å². The molecule has 0 saturated heterocycles. The number of carbonyl (C=O) groups is 1. The van der Waals surface area contributed by atoms with E-state index in [4.69, 9.17) is 27.9 Å². The van der Waals surface area contributed by atoms with E-state index in [1.54, 1.807) is 12.2 Å². The van der Waals surface area contributed by atoms with E-state index in [9.17, 15) is 4.79 Å². The summed E-state index contributed by atoms with van der Waals surface area (Å²) in [6, 6.07) is 0. The summed E-state index contributed by atoms with van der Waals surface area (Å²) in [6.07, 6.45) is 4.35. The molecule has 0 aromatic carbocycles. The summed E-state index contributed by atoms with van der Waals surface area (Å²) in [6.45, 7) is 4.39. The van der Waals surface area contributed by atoms with Crippen molar-refractivity contribution in [3.05, 3.63) is 35.9 Å². The molecule has 0 aliphatic heterocycles. The first-order valence-corrected chi connectivity index (χ1v) is 5.16. The summed E-state index contributed by atoms with van der Waals surface area (Å²) in [5.74, 6) is 0. The van der Waals surface area contributed by atoms with Gasteiger partial charge < -0.3 is 9.64 Å². The Balaban J connectivity index is 4.18. The fourth-order valence-corrected chi connectivity index (χ4v) is 0.939. The van der Waals surface area contributed by atoms with E-state index in [-0.39, 0.29) is 6.61 Å². The van der Waals surface area contributed by atoms with Gasteiger partial charge in [0.1, 0.15) is 6.61 Å². The number of ether oxygens (including phenoxy) is 1. The number of nitrogens with zero attached hydrogens (tertiary/aromatic N) is 1. The van der Waals surface area contributed by atoms with Gasteiger partial charge in [0, 0.05) is 24.2 Å². The van der Waals surface area contributed by atoms with E-state index < -0.39 is 6.09 Å². The molecule has 0 aromatic heterocycles. The fraction of sp³-hybridized carbons (Fsp3) is 0.300. The van der Waals surface area contributed by atoms with Gasteiger partial charge in [0.05, 0.1) is 0 Å². The summed E-state index contributed by atoms with van der Waals surface area (Å²) in [7, 11) is 0. The van der Waals surface area contributed by atoms with Gasteiger partial charge in [-0.15, -0.1) is 0 Å². The molecule has 5 heteroatoms. The maximum absolute atomic E-state index is 11.4. The molecule has 0 saturated carbocycles. The van der Waals surface area contributed by atoms with Crippen LogP contribution in [-0.2, 0) is 4.74 Å². The molecule has 0 atom stereocenters. The van der Waals surface area contributed by atoms with Crippen LogP contribution in [0, 0.1) is 0 Å². The van der Waals surface area contributed by atoms with Crippen molar-refractivity contribution in [2.45, 2.75) is 0 Å². The molecule has 0 rings (SSSR count). The van der Waals surface area contributed by atoms with Crippen LogP contribution in [0.1, 0.15) is 0 Å². The molecule has 0 heterocycles. The second-order valence-corrected chi connectivity index (χ2v) is 3.00. The van der Waals surface area contributed by atoms with Gasteiger partial charge >= 0.3 is 6.09 Å². The van der Waals surface area contributed by atoms with Crippen molar-refractivity contribution in [1.29, 1.82) is 0 Å². The lowest BCUT2D eigenvalue weighted by atomic mass is 10.5. The van der Waals surface area contributed by atoms with Crippen LogP contribution < -0.4 is 0 Å². The van der Waals surface area contributed by atoms with Crippen LogP contribution >= 0.6 is 23.2 Å². The quantitative estimate of drug-likeness (QED) is 0.678. The van der Waals surface area contributed by atoms with Crippen molar-refractivity contribution in [2.24, 2.45) is 0 Å². The van der Waals surface area contributed by atoms with Gasteiger partial charge in [0.2, 0.25) is 0 Å². The number of hydrogen-bond donors (Lipinski definition) is 0. The molecule has 1 amide bonds. The maximum atomic E-state index is 11.4. The normalized spacial score (nSPS) is 10.8. The molecule has 0 unspecified atom stereocenters. The molecule has 0 bridgehead atoms. The molecule has 84 valence electrons. The van der Waals surface area contributed by atoms with Crippen LogP contribution in [0.4, 0.5) is 4.79 Å². The second kappa shape index (κ2) is 9.62. The lowest BCUT2D eigenvalue weighted by Crippen LogP contribution is -2.32. The first-order chi connectivity index (χ1) is 7.26. The van der Waals surface area contributed by atoms with Crippen molar-refractivity contribution >= 4 is 29.3 Å². The number of amides is 1. The molecule has 0 spiro atoms. The summed E-state index contributed by atoms with van der Waals surface area (Å²) in [4.78, 5) is 12.9. The Hall–Kier alpha value is -0.930. The van der Waals surface area contributed by atoms with Gasteiger partial charge in [-0.25, -0.2) is 4.79 Å². The Kier molecular flexibility index (Phi) is 9.02. The average molecular weight is 250 g/mol. The van der Waals surface area contributed by atoms with Gasteiger partial charge in [0.15, 0.2) is 0 Å². The standard InChI is InChI=1S/C10H13Cl2NO2/c1-2-9-15-10(14)13(7-3-5-11)8-4-6-12/h2-6H,1,7-9H2. The summed E-state index contributed by atoms with van der Waals surface area (Å²) >= 11 is 10.7. The topological polar surface area (TPSA) is 29.5 Å². The summed E-state index contributed by atoms with van der Waals surface area (Å²) in [5.41, 5.74) is 2.69. The summed E-state index contributed by atoms with van der Waals surface area (Å²) in [5, 5.41) is 0. The zero-order valence-electron chi connectivity index (χ0n) is 8.23. The third-order valence-corrected chi connectivity index (χ3v) is 1.77. The minimum Gasteiger partial charge on any atom is -0.445 e. The molecule has 0 N–H and O–H groups in total. The monoisotopic (exact) mass is 249 g/mol. The Morgan fingerprint density at radius 1 is 1.27 bits per heavy atom. The highest BCUT2D eigenvalue weighted by Crippen LogP contribution is 1.97. The molecule has 0 aromatic rings. The van der Waals surface area contributed by atoms with Gasteiger partial charge in [-0.3, -0.25) is 0 Å². The summed E-state index contributed by atoms with van der Waals surface area (Å²) < 4.78 is 4.86. The zero-order chi connectivity index (χ0) is 11.5. The van der Waals surface area contributed by atoms with Gasteiger partial charge in [-0.2, -0.15) is 0 Å². The first kappa shape index (κ1) is 14.1. The minimum atomic E-state index is -0.431. The van der Waals surface area contributed by atoms with E-state index in [1.165, 1.54) is 22.0 Å². The zero-order valence-corrected chi connectivity index (χ0v) is 9.75. The minimum absolute atomic E-state index is 0.185. The molecule has 0 fully saturated rings. The van der Waals surface area contributed by atoms with Crippen molar-refractivity contribution in [1.82, 2.24) is 4.90 Å². The van der Waals surface area contributed by atoms with Crippen molar-refractivity contribution in [3.63, 3.8) is 0 Å². The highest BCUT2D eigenvalue weighted by atomic mass is 35.5. The molecule has 0 radical (unpaired) electrons. The van der Waals surface area contributed by atoms with E-state index in [1.807, 2.05) is 0 Å². The lowest BCUT2D eigenvalue weighted by molar-refractivity contribution is 0.121. The highest BCUT2D eigenvalue weighted by molar-refractivity contribution is 6.25. The smallest absolute Gasteiger partial charge is 0.410 e. The Bertz CT molecular complexity index is 238. The maximum Gasteiger partial charge on any atom is 0.410 e. The predicted octanol–water partition coefficient (Wildman–Crippen LogP) is 3.12. The van der Waals surface area contributed by atoms with Gasteiger partial charge in [-0.1, -0.05) is 48.0 Å². The third kappa shape index (κ3) is 7.05. The number of carbonyl (C=O) groups excluding carboxylic acids is 1. The molecular formula is C10H13Cl2NO2. The lowest BCUT2D eigenvalue weighted by Gasteiger charge is -2.18. The van der Waals surface area contributed by atoms with Crippen molar-refractivity contribution in [3.8, 4) is 0 Å². The molecule has 3 nitrogen and oxygen atoms in total. The van der Waals surface area contributed by atoms with E-state index in [0.717, 1.165) is 0 Å². The van der Waals surface area contributed by atoms with Crippen LogP contribution in [0.3, 0.4) is 0 Å². The fourth-order valence-electron chi connectivity index (χ4n) is 0.779. The Morgan fingerprint density at radius 2 is 1.80 bits per heavy atom. The van der Waals surface area contributed by atoms with Crippen LogP contribution in [0.25, 0.3) is 0 Å². The number of halogens is 2. The van der Waals surface area contributed by atoms with Crippen LogP contribution in [0.5, 0.6) is 0 Å². The highest BCUT2D eigenvalue weighted by Gasteiger charge is 2.10. The molecule has 0 aliphatic carbocycles. The van der Waals surface area contributed by atoms with Crippen molar-refractivity contribution in [2.75, 3.05) is 19.7 Å². The predicted molar refractivity (Wildman–Crippen MR) is 63.1 cm³/mol. The second-order valence-electron chi connectivity index (χ2n) is 2.49. The van der Waals surface area contributed by atoms with Crippen molar-refractivity contribution < 1.29 is 9.53 Å². The van der Waals surface area contributed by atoms with Crippen LogP contribution in [-0.4, -0.2) is 30.7 Å². The van der Waals surface area contributed by atoms with Gasteiger partial charge in [0.25, 0.3) is 0 Å². The average Bonchev–Trinajstić information content (AvgIpc) is 2.26. The number of hydrogen-bond acceptors (Lipinski definition) is 2. The largest absolute Gasteiger partial charge is 0.445 e.